The quantitative estimate of drug-likeness (QED) is 0.689. The lowest BCUT2D eigenvalue weighted by Gasteiger charge is -2.36. The van der Waals surface area contributed by atoms with Crippen molar-refractivity contribution in [2.75, 3.05) is 14.2 Å². The van der Waals surface area contributed by atoms with Gasteiger partial charge in [-0.3, -0.25) is 0 Å². The summed E-state index contributed by atoms with van der Waals surface area (Å²) >= 11 is 0. The molecule has 0 heterocycles. The van der Waals surface area contributed by atoms with Gasteiger partial charge in [-0.15, -0.1) is 0 Å². The van der Waals surface area contributed by atoms with Gasteiger partial charge in [0.15, 0.2) is 0 Å². The van der Waals surface area contributed by atoms with Crippen LogP contribution in [0.1, 0.15) is 18.9 Å². The van der Waals surface area contributed by atoms with E-state index < -0.39 is 30.0 Å². The topological polar surface area (TPSA) is 18.5 Å². The first-order valence-electron chi connectivity index (χ1n) is 6.33. The number of rotatable bonds is 6. The highest BCUT2D eigenvalue weighted by atomic mass is 19.4. The van der Waals surface area contributed by atoms with Crippen LogP contribution in [0.5, 0.6) is 5.75 Å². The first-order valence-corrected chi connectivity index (χ1v) is 6.33. The van der Waals surface area contributed by atoms with E-state index in [4.69, 9.17) is 9.47 Å². The molecule has 132 valence electrons. The number of methoxy groups -OCH3 is 2. The number of ether oxygens (including phenoxy) is 2. The molecule has 0 aromatic heterocycles. The highest BCUT2D eigenvalue weighted by molar-refractivity contribution is 5.38. The Balaban J connectivity index is 3.30. The highest BCUT2D eigenvalue weighted by Crippen LogP contribution is 2.52. The first-order chi connectivity index (χ1) is 10.3. The fraction of sp³-hybridized carbons (Fsp3) is 0.571. The maximum Gasteiger partial charge on any atom is 0.459 e. The van der Waals surface area contributed by atoms with Gasteiger partial charge in [-0.2, -0.15) is 30.7 Å². The summed E-state index contributed by atoms with van der Waals surface area (Å²) in [6.45, 7) is 0.991. The Morgan fingerprint density at radius 2 is 1.43 bits per heavy atom. The molecule has 1 atom stereocenters. The molecule has 1 aromatic carbocycles. The van der Waals surface area contributed by atoms with Crippen molar-refractivity contribution in [1.82, 2.24) is 0 Å². The van der Waals surface area contributed by atoms with Gasteiger partial charge in [-0.25, -0.2) is 0 Å². The maximum absolute atomic E-state index is 13.7. The smallest absolute Gasteiger partial charge is 0.459 e. The van der Waals surface area contributed by atoms with E-state index in [0.717, 1.165) is 14.0 Å². The van der Waals surface area contributed by atoms with Crippen LogP contribution in [-0.4, -0.2) is 32.2 Å². The lowest BCUT2D eigenvalue weighted by Crippen LogP contribution is -2.54. The van der Waals surface area contributed by atoms with Crippen LogP contribution in [0.25, 0.3) is 0 Å². The second kappa shape index (κ2) is 6.18. The Kier molecular flexibility index (Phi) is 5.25. The normalized spacial score (nSPS) is 16.1. The minimum absolute atomic E-state index is 0.0305. The average molecular weight is 348 g/mol. The molecular weight excluding hydrogens is 333 g/mol. The van der Waals surface area contributed by atoms with Crippen molar-refractivity contribution in [2.45, 2.75) is 37.0 Å². The molecule has 0 spiro atoms. The van der Waals surface area contributed by atoms with Crippen molar-refractivity contribution in [1.29, 1.82) is 0 Å². The van der Waals surface area contributed by atoms with Crippen LogP contribution >= 0.6 is 0 Å². The number of para-hydroxylation sites is 1. The molecule has 0 saturated heterocycles. The van der Waals surface area contributed by atoms with Crippen molar-refractivity contribution in [3.8, 4) is 5.75 Å². The molecule has 1 aromatic rings. The van der Waals surface area contributed by atoms with Gasteiger partial charge < -0.3 is 9.47 Å². The maximum atomic E-state index is 13.7. The van der Waals surface area contributed by atoms with Crippen LogP contribution in [0.2, 0.25) is 0 Å². The monoisotopic (exact) mass is 348 g/mol. The fourth-order valence-electron chi connectivity index (χ4n) is 2.10. The van der Waals surface area contributed by atoms with E-state index in [2.05, 4.69) is 0 Å². The molecular formula is C14H15F7O2. The van der Waals surface area contributed by atoms with Gasteiger partial charge in [0.05, 0.1) is 19.1 Å². The van der Waals surface area contributed by atoms with Crippen molar-refractivity contribution in [3.05, 3.63) is 29.8 Å². The molecule has 0 aliphatic carbocycles. The summed E-state index contributed by atoms with van der Waals surface area (Å²) in [6.07, 6.45) is -8.27. The van der Waals surface area contributed by atoms with E-state index >= 15 is 0 Å². The summed E-state index contributed by atoms with van der Waals surface area (Å²) in [4.78, 5) is 0. The minimum atomic E-state index is -6.38. The first kappa shape index (κ1) is 19.5. The van der Waals surface area contributed by atoms with Crippen molar-refractivity contribution < 1.29 is 40.2 Å². The number of hydrogen-bond acceptors (Lipinski definition) is 2. The third-order valence-electron chi connectivity index (χ3n) is 3.50. The number of halogens is 7. The van der Waals surface area contributed by atoms with Crippen LogP contribution in [0.4, 0.5) is 30.7 Å². The van der Waals surface area contributed by atoms with Crippen LogP contribution in [-0.2, 0) is 10.3 Å². The lowest BCUT2D eigenvalue weighted by molar-refractivity contribution is -0.362. The SMILES string of the molecule is COc1ccccc1C(C)(CC(F)(F)C(F)(F)C(F)(F)F)OC. The zero-order chi connectivity index (χ0) is 18.1. The Morgan fingerprint density at radius 1 is 0.913 bits per heavy atom. The van der Waals surface area contributed by atoms with E-state index in [1.54, 1.807) is 0 Å². The Hall–Kier alpha value is -1.51. The molecule has 0 bridgehead atoms. The summed E-state index contributed by atoms with van der Waals surface area (Å²) in [7, 11) is 2.14. The van der Waals surface area contributed by atoms with Crippen molar-refractivity contribution in [3.63, 3.8) is 0 Å². The van der Waals surface area contributed by atoms with Gasteiger partial charge >= 0.3 is 18.0 Å². The Morgan fingerprint density at radius 3 is 1.87 bits per heavy atom. The predicted octanol–water partition coefficient (Wildman–Crippen LogP) is 4.78. The largest absolute Gasteiger partial charge is 0.496 e. The Bertz CT molecular complexity index is 542. The highest BCUT2D eigenvalue weighted by Gasteiger charge is 2.73. The van der Waals surface area contributed by atoms with E-state index in [9.17, 15) is 30.7 Å². The average Bonchev–Trinajstić information content (AvgIpc) is 2.45. The molecule has 0 N–H and O–H groups in total. The van der Waals surface area contributed by atoms with Gasteiger partial charge in [-0.1, -0.05) is 18.2 Å². The summed E-state index contributed by atoms with van der Waals surface area (Å²) in [5.41, 5.74) is -2.19. The number of benzene rings is 1. The van der Waals surface area contributed by atoms with Gasteiger partial charge in [0.1, 0.15) is 5.75 Å². The summed E-state index contributed by atoms with van der Waals surface area (Å²) in [6, 6.07) is 5.49. The molecule has 0 aliphatic rings. The van der Waals surface area contributed by atoms with Crippen LogP contribution < -0.4 is 4.74 Å². The number of hydrogen-bond donors (Lipinski definition) is 0. The van der Waals surface area contributed by atoms with E-state index in [0.29, 0.717) is 0 Å². The summed E-state index contributed by atoms with van der Waals surface area (Å²) in [5, 5.41) is 0. The van der Waals surface area contributed by atoms with Gasteiger partial charge in [0.25, 0.3) is 0 Å². The Labute approximate surface area is 128 Å². The second-order valence-corrected chi connectivity index (χ2v) is 5.09. The van der Waals surface area contributed by atoms with E-state index in [-0.39, 0.29) is 11.3 Å². The fourth-order valence-corrected chi connectivity index (χ4v) is 2.10. The second-order valence-electron chi connectivity index (χ2n) is 5.09. The molecule has 1 rings (SSSR count). The predicted molar refractivity (Wildman–Crippen MR) is 67.9 cm³/mol. The van der Waals surface area contributed by atoms with Crippen LogP contribution in [0.15, 0.2) is 24.3 Å². The zero-order valence-electron chi connectivity index (χ0n) is 12.5. The van der Waals surface area contributed by atoms with Gasteiger partial charge in [0.2, 0.25) is 0 Å². The molecule has 0 amide bonds. The third-order valence-corrected chi connectivity index (χ3v) is 3.50. The summed E-state index contributed by atoms with van der Waals surface area (Å²) in [5.74, 6) is -11.5. The van der Waals surface area contributed by atoms with Crippen LogP contribution in [0.3, 0.4) is 0 Å². The van der Waals surface area contributed by atoms with E-state index in [1.807, 2.05) is 0 Å². The molecule has 1 unspecified atom stereocenters. The van der Waals surface area contributed by atoms with Crippen LogP contribution in [0, 0.1) is 0 Å². The molecule has 2 nitrogen and oxygen atoms in total. The standard InChI is InChI=1S/C14H15F7O2/c1-11(23-3,9-6-4-5-7-10(9)22-2)8-12(15,16)13(17,18)14(19,20)21/h4-7H,8H2,1-3H3. The zero-order valence-corrected chi connectivity index (χ0v) is 12.5. The molecule has 9 heteroatoms. The molecule has 0 fully saturated rings. The molecule has 23 heavy (non-hydrogen) atoms. The summed E-state index contributed by atoms with van der Waals surface area (Å²) < 4.78 is 100. The molecule has 0 aliphatic heterocycles. The van der Waals surface area contributed by atoms with E-state index in [1.165, 1.54) is 31.4 Å². The number of alkyl halides is 7. The lowest BCUT2D eigenvalue weighted by atomic mass is 9.86. The van der Waals surface area contributed by atoms with Gasteiger partial charge in [-0.05, 0) is 13.0 Å². The van der Waals surface area contributed by atoms with Gasteiger partial charge in [0, 0.05) is 12.7 Å². The molecule has 0 radical (unpaired) electrons. The molecule has 0 saturated carbocycles. The third kappa shape index (κ3) is 3.54. The van der Waals surface area contributed by atoms with Crippen molar-refractivity contribution in [2.24, 2.45) is 0 Å². The minimum Gasteiger partial charge on any atom is -0.496 e. The van der Waals surface area contributed by atoms with Crippen molar-refractivity contribution >= 4 is 0 Å².